The van der Waals surface area contributed by atoms with Gasteiger partial charge < -0.3 is 0 Å². The maximum atomic E-state index is 11.2. The van der Waals surface area contributed by atoms with Gasteiger partial charge in [0.1, 0.15) is 0 Å². The molecule has 3 nitrogen and oxygen atoms in total. The van der Waals surface area contributed by atoms with Crippen LogP contribution in [0.2, 0.25) is 0 Å². The second-order valence-corrected chi connectivity index (χ2v) is 3.65. The highest BCUT2D eigenvalue weighted by atomic mass is 16.2. The Labute approximate surface area is 72.7 Å². The number of imide groups is 1. The van der Waals surface area contributed by atoms with Gasteiger partial charge in [-0.15, -0.1) is 0 Å². The van der Waals surface area contributed by atoms with Gasteiger partial charge in [0.25, 0.3) is 0 Å². The number of hydrogen-bond acceptors (Lipinski definition) is 2. The van der Waals surface area contributed by atoms with Crippen LogP contribution in [0.4, 0.5) is 0 Å². The quantitative estimate of drug-likeness (QED) is 0.582. The van der Waals surface area contributed by atoms with Crippen LogP contribution in [-0.2, 0) is 9.59 Å². The van der Waals surface area contributed by atoms with Crippen molar-refractivity contribution in [1.82, 2.24) is 4.90 Å². The van der Waals surface area contributed by atoms with E-state index in [0.717, 1.165) is 6.42 Å². The Morgan fingerprint density at radius 1 is 1.25 bits per heavy atom. The highest BCUT2D eigenvalue weighted by Crippen LogP contribution is 2.13. The molecule has 1 aliphatic rings. The Morgan fingerprint density at radius 3 is 2.17 bits per heavy atom. The van der Waals surface area contributed by atoms with Crippen molar-refractivity contribution in [3.63, 3.8) is 0 Å². The minimum atomic E-state index is -0.0000463. The first-order chi connectivity index (χ1) is 5.61. The fraction of sp³-hybridized carbons (Fsp3) is 0.778. The standard InChI is InChI=1S/C9H15NO2/c1-7(2)6-10-8(11)4-3-5-9(10)12/h7H,3-6H2,1-2H3. The predicted molar refractivity (Wildman–Crippen MR) is 45.4 cm³/mol. The lowest BCUT2D eigenvalue weighted by Gasteiger charge is -2.26. The normalized spacial score (nSPS) is 19.1. The summed E-state index contributed by atoms with van der Waals surface area (Å²) in [5.74, 6) is 0.371. The van der Waals surface area contributed by atoms with E-state index in [-0.39, 0.29) is 11.8 Å². The van der Waals surface area contributed by atoms with Crippen molar-refractivity contribution in [2.45, 2.75) is 33.1 Å². The van der Waals surface area contributed by atoms with Gasteiger partial charge in [-0.05, 0) is 12.3 Å². The molecule has 0 bridgehead atoms. The summed E-state index contributed by atoms with van der Waals surface area (Å²) < 4.78 is 0. The minimum absolute atomic E-state index is 0.0000463. The molecular formula is C9H15NO2. The molecule has 0 aromatic carbocycles. The van der Waals surface area contributed by atoms with E-state index in [1.165, 1.54) is 4.90 Å². The smallest absolute Gasteiger partial charge is 0.229 e. The number of rotatable bonds is 2. The number of carbonyl (C=O) groups is 2. The zero-order chi connectivity index (χ0) is 9.14. The molecule has 3 heteroatoms. The van der Waals surface area contributed by atoms with E-state index in [2.05, 4.69) is 0 Å². The lowest BCUT2D eigenvalue weighted by molar-refractivity contribution is -0.148. The Hall–Kier alpha value is -0.860. The van der Waals surface area contributed by atoms with Gasteiger partial charge in [-0.25, -0.2) is 0 Å². The van der Waals surface area contributed by atoms with E-state index in [1.54, 1.807) is 0 Å². The summed E-state index contributed by atoms with van der Waals surface area (Å²) in [7, 11) is 0. The highest BCUT2D eigenvalue weighted by molar-refractivity contribution is 5.97. The third-order valence-corrected chi connectivity index (χ3v) is 1.93. The van der Waals surface area contributed by atoms with E-state index in [0.29, 0.717) is 25.3 Å². The summed E-state index contributed by atoms with van der Waals surface area (Å²) >= 11 is 0. The average Bonchev–Trinajstić information content (AvgIpc) is 1.97. The summed E-state index contributed by atoms with van der Waals surface area (Å²) in [5.41, 5.74) is 0. The van der Waals surface area contributed by atoms with Gasteiger partial charge in [0.2, 0.25) is 11.8 Å². The van der Waals surface area contributed by atoms with Gasteiger partial charge in [0.05, 0.1) is 0 Å². The number of hydrogen-bond donors (Lipinski definition) is 0. The van der Waals surface area contributed by atoms with Gasteiger partial charge in [0, 0.05) is 19.4 Å². The zero-order valence-electron chi connectivity index (χ0n) is 7.67. The summed E-state index contributed by atoms with van der Waals surface area (Å²) in [6.07, 6.45) is 1.81. The zero-order valence-corrected chi connectivity index (χ0v) is 7.67. The van der Waals surface area contributed by atoms with E-state index in [9.17, 15) is 9.59 Å². The number of piperidine rings is 1. The van der Waals surface area contributed by atoms with Crippen molar-refractivity contribution in [2.24, 2.45) is 5.92 Å². The SMILES string of the molecule is CC(C)CN1C(=O)CCCC1=O. The molecular weight excluding hydrogens is 154 g/mol. The Balaban J connectivity index is 2.57. The highest BCUT2D eigenvalue weighted by Gasteiger charge is 2.25. The fourth-order valence-electron chi connectivity index (χ4n) is 1.37. The molecule has 0 aromatic heterocycles. The Bertz CT molecular complexity index is 183. The van der Waals surface area contributed by atoms with Gasteiger partial charge in [0.15, 0.2) is 0 Å². The average molecular weight is 169 g/mol. The molecule has 0 N–H and O–H groups in total. The molecule has 0 spiro atoms. The first-order valence-electron chi connectivity index (χ1n) is 4.44. The summed E-state index contributed by atoms with van der Waals surface area (Å²) in [6, 6.07) is 0. The molecule has 0 atom stereocenters. The van der Waals surface area contributed by atoms with Crippen LogP contribution >= 0.6 is 0 Å². The van der Waals surface area contributed by atoms with E-state index < -0.39 is 0 Å². The molecule has 68 valence electrons. The molecule has 0 saturated carbocycles. The molecule has 0 aliphatic carbocycles. The topological polar surface area (TPSA) is 37.4 Å². The molecule has 1 fully saturated rings. The van der Waals surface area contributed by atoms with Crippen LogP contribution in [0.5, 0.6) is 0 Å². The summed E-state index contributed by atoms with van der Waals surface area (Å²) in [4.78, 5) is 23.9. The molecule has 0 unspecified atom stereocenters. The first-order valence-corrected chi connectivity index (χ1v) is 4.44. The molecule has 12 heavy (non-hydrogen) atoms. The predicted octanol–water partition coefficient (Wildman–Crippen LogP) is 1.18. The Morgan fingerprint density at radius 2 is 1.75 bits per heavy atom. The van der Waals surface area contributed by atoms with Crippen LogP contribution in [0.1, 0.15) is 33.1 Å². The van der Waals surface area contributed by atoms with Crippen molar-refractivity contribution in [2.75, 3.05) is 6.54 Å². The lowest BCUT2D eigenvalue weighted by Crippen LogP contribution is -2.42. The van der Waals surface area contributed by atoms with E-state index in [4.69, 9.17) is 0 Å². The molecule has 2 amide bonds. The second-order valence-electron chi connectivity index (χ2n) is 3.65. The van der Waals surface area contributed by atoms with Crippen LogP contribution in [-0.4, -0.2) is 23.3 Å². The van der Waals surface area contributed by atoms with Crippen LogP contribution in [0.3, 0.4) is 0 Å². The van der Waals surface area contributed by atoms with Crippen molar-refractivity contribution in [3.05, 3.63) is 0 Å². The number of nitrogens with zero attached hydrogens (tertiary/aromatic N) is 1. The third kappa shape index (κ3) is 2.06. The molecule has 1 aliphatic heterocycles. The van der Waals surface area contributed by atoms with Gasteiger partial charge in [-0.1, -0.05) is 13.8 Å². The molecule has 0 radical (unpaired) electrons. The summed E-state index contributed by atoms with van der Waals surface area (Å²) in [6.45, 7) is 4.60. The van der Waals surface area contributed by atoms with E-state index >= 15 is 0 Å². The molecule has 1 heterocycles. The van der Waals surface area contributed by atoms with Crippen molar-refractivity contribution < 1.29 is 9.59 Å². The third-order valence-electron chi connectivity index (χ3n) is 1.93. The maximum Gasteiger partial charge on any atom is 0.229 e. The number of likely N-dealkylation sites (tertiary alicyclic amines) is 1. The Kier molecular flexibility index (Phi) is 2.84. The second kappa shape index (κ2) is 3.70. The van der Waals surface area contributed by atoms with Crippen LogP contribution in [0.25, 0.3) is 0 Å². The molecule has 1 saturated heterocycles. The van der Waals surface area contributed by atoms with Crippen molar-refractivity contribution in [1.29, 1.82) is 0 Å². The largest absolute Gasteiger partial charge is 0.282 e. The lowest BCUT2D eigenvalue weighted by atomic mass is 10.1. The maximum absolute atomic E-state index is 11.2. The number of carbonyl (C=O) groups excluding carboxylic acids is 2. The minimum Gasteiger partial charge on any atom is -0.282 e. The van der Waals surface area contributed by atoms with E-state index in [1.807, 2.05) is 13.8 Å². The van der Waals surface area contributed by atoms with Crippen molar-refractivity contribution >= 4 is 11.8 Å². The molecule has 0 aromatic rings. The van der Waals surface area contributed by atoms with Gasteiger partial charge >= 0.3 is 0 Å². The van der Waals surface area contributed by atoms with Crippen molar-refractivity contribution in [3.8, 4) is 0 Å². The molecule has 1 rings (SSSR count). The van der Waals surface area contributed by atoms with Gasteiger partial charge in [-0.2, -0.15) is 0 Å². The van der Waals surface area contributed by atoms with Crippen LogP contribution < -0.4 is 0 Å². The van der Waals surface area contributed by atoms with Crippen LogP contribution in [0.15, 0.2) is 0 Å². The fourth-order valence-corrected chi connectivity index (χ4v) is 1.37. The summed E-state index contributed by atoms with van der Waals surface area (Å²) in [5, 5.41) is 0. The number of amides is 2. The van der Waals surface area contributed by atoms with Gasteiger partial charge in [-0.3, -0.25) is 14.5 Å². The monoisotopic (exact) mass is 169 g/mol. The first kappa shape index (κ1) is 9.23. The van der Waals surface area contributed by atoms with Crippen LogP contribution in [0, 0.1) is 5.92 Å².